The standard InChI is InChI=1S/C12H16Cl4N2O5S.C6H4O/c1-6(2)9(10(21)23-5-11(13,14)15)18-8(20)4-12(18,24(16)22)17-7(3)19;1-2-5-4-6(3-1)7-5/h6,9H,4-5H2,1-3H3,(H,17,19);1-4H. The molecule has 3 atom stereocenters. The molecule has 3 aliphatic rings. The number of hydrogen-bond donors (Lipinski definition) is 1. The van der Waals surface area contributed by atoms with E-state index in [0.717, 1.165) is 16.4 Å². The average Bonchev–Trinajstić information content (AvgIpc) is 2.62. The minimum absolute atomic E-state index is 0.302. The molecule has 0 aromatic heterocycles. The number of benzene rings is 1. The van der Waals surface area contributed by atoms with E-state index in [1.165, 1.54) is 6.92 Å². The molecule has 3 aliphatic heterocycles. The quantitative estimate of drug-likeness (QED) is 0.263. The molecule has 8 nitrogen and oxygen atoms in total. The third-order valence-electron chi connectivity index (χ3n) is 4.26. The van der Waals surface area contributed by atoms with Gasteiger partial charge in [-0.2, -0.15) is 0 Å². The van der Waals surface area contributed by atoms with Crippen molar-refractivity contribution in [2.75, 3.05) is 6.61 Å². The van der Waals surface area contributed by atoms with Crippen LogP contribution in [-0.2, 0) is 29.5 Å². The van der Waals surface area contributed by atoms with Crippen LogP contribution in [0.1, 0.15) is 27.2 Å². The summed E-state index contributed by atoms with van der Waals surface area (Å²) in [5.74, 6) is -0.400. The van der Waals surface area contributed by atoms with Gasteiger partial charge in [-0.05, 0) is 18.1 Å². The van der Waals surface area contributed by atoms with E-state index >= 15 is 0 Å². The Kier molecular flexibility index (Phi) is 8.63. The zero-order valence-corrected chi connectivity index (χ0v) is 20.5. The smallest absolute Gasteiger partial charge is 0.329 e. The van der Waals surface area contributed by atoms with Crippen molar-refractivity contribution in [3.63, 3.8) is 0 Å². The molecule has 0 radical (unpaired) electrons. The largest absolute Gasteiger partial charge is 0.596 e. The second kappa shape index (κ2) is 10.2. The Morgan fingerprint density at radius 1 is 1.35 bits per heavy atom. The minimum atomic E-state index is -2.17. The number of hydrogen-bond acceptors (Lipinski definition) is 6. The first-order valence-corrected chi connectivity index (χ1v) is 12.1. The first-order valence-electron chi connectivity index (χ1n) is 8.97. The van der Waals surface area contributed by atoms with Crippen molar-refractivity contribution >= 4 is 73.7 Å². The molecule has 3 unspecified atom stereocenters. The Morgan fingerprint density at radius 2 is 1.90 bits per heavy atom. The molecule has 2 bridgehead atoms. The van der Waals surface area contributed by atoms with E-state index in [1.54, 1.807) is 13.8 Å². The number of carbonyl (C=O) groups excluding carboxylic acids is 3. The number of nitrogens with one attached hydrogen (secondary N) is 1. The summed E-state index contributed by atoms with van der Waals surface area (Å²) in [6.07, 6.45) is -0.302. The van der Waals surface area contributed by atoms with Gasteiger partial charge in [0.1, 0.15) is 41.0 Å². The third-order valence-corrected chi connectivity index (χ3v) is 6.32. The number of halogens is 4. The molecule has 1 N–H and O–H groups in total. The van der Waals surface area contributed by atoms with Gasteiger partial charge in [-0.15, -0.1) is 0 Å². The highest BCUT2D eigenvalue weighted by Gasteiger charge is 2.66. The Morgan fingerprint density at radius 3 is 2.19 bits per heavy atom. The monoisotopic (exact) mass is 532 g/mol. The average molecular weight is 534 g/mol. The Hall–Kier alpha value is -1.10. The second-order valence-electron chi connectivity index (χ2n) is 7.12. The molecule has 1 saturated heterocycles. The van der Waals surface area contributed by atoms with E-state index in [9.17, 15) is 18.9 Å². The van der Waals surface area contributed by atoms with Gasteiger partial charge in [0, 0.05) is 13.0 Å². The SMILES string of the molecule is CC(=O)NC1([S+]([O-])Cl)CC(=O)N1C(C(=O)OCC(Cl)(Cl)Cl)C(C)C.c1cc2cc(c1)O2. The van der Waals surface area contributed by atoms with Gasteiger partial charge in [0.05, 0.1) is 0 Å². The van der Waals surface area contributed by atoms with Crippen LogP contribution >= 0.6 is 45.5 Å². The Labute approximate surface area is 202 Å². The van der Waals surface area contributed by atoms with Gasteiger partial charge in [-0.25, -0.2) is 4.79 Å². The highest BCUT2D eigenvalue weighted by Crippen LogP contribution is 2.41. The highest BCUT2D eigenvalue weighted by molar-refractivity contribution is 8.14. The fourth-order valence-electron chi connectivity index (χ4n) is 3.01. The number of alkyl halides is 3. The van der Waals surface area contributed by atoms with Gasteiger partial charge >= 0.3 is 11.0 Å². The van der Waals surface area contributed by atoms with E-state index < -0.39 is 55.5 Å². The number of amides is 2. The van der Waals surface area contributed by atoms with Crippen molar-refractivity contribution in [1.29, 1.82) is 0 Å². The predicted octanol–water partition coefficient (Wildman–Crippen LogP) is 3.64. The van der Waals surface area contributed by atoms with E-state index in [-0.39, 0.29) is 6.42 Å². The topological polar surface area (TPSA) is 108 Å². The molecule has 2 amide bonds. The number of nitrogens with zero attached hydrogens (tertiary/aromatic N) is 1. The molecule has 31 heavy (non-hydrogen) atoms. The van der Waals surface area contributed by atoms with Crippen LogP contribution in [0, 0.1) is 5.92 Å². The van der Waals surface area contributed by atoms with Crippen LogP contribution in [0.25, 0.3) is 0 Å². The summed E-state index contributed by atoms with van der Waals surface area (Å²) in [6, 6.07) is 6.70. The third kappa shape index (κ3) is 6.46. The summed E-state index contributed by atoms with van der Waals surface area (Å²) in [6.45, 7) is 3.93. The first kappa shape index (κ1) is 26.2. The number of likely N-dealkylation sites (tertiary alicyclic amines) is 1. The molecular formula is C18H20Cl4N2O6S. The Bertz CT molecular complexity index is 826. The van der Waals surface area contributed by atoms with Crippen LogP contribution in [-0.4, -0.2) is 48.7 Å². The lowest BCUT2D eigenvalue weighted by Crippen LogP contribution is -2.78. The van der Waals surface area contributed by atoms with Gasteiger partial charge < -0.3 is 14.0 Å². The van der Waals surface area contributed by atoms with Gasteiger partial charge in [0.15, 0.2) is 10.7 Å². The molecule has 1 fully saturated rings. The number of ether oxygens (including phenoxy) is 2. The summed E-state index contributed by atoms with van der Waals surface area (Å²) in [5, 5.41) is 2.38. The van der Waals surface area contributed by atoms with Crippen LogP contribution in [0.4, 0.5) is 0 Å². The molecule has 0 spiro atoms. The minimum Gasteiger partial charge on any atom is -0.596 e. The van der Waals surface area contributed by atoms with Crippen molar-refractivity contribution in [3.05, 3.63) is 24.3 Å². The zero-order chi connectivity index (χ0) is 23.6. The number of esters is 1. The van der Waals surface area contributed by atoms with E-state index in [0.29, 0.717) is 0 Å². The van der Waals surface area contributed by atoms with Crippen LogP contribution < -0.4 is 10.1 Å². The van der Waals surface area contributed by atoms with E-state index in [1.807, 2.05) is 24.3 Å². The zero-order valence-electron chi connectivity index (χ0n) is 16.7. The maximum Gasteiger partial charge on any atom is 0.329 e. The first-order chi connectivity index (χ1) is 14.3. The lowest BCUT2D eigenvalue weighted by atomic mass is 9.96. The molecule has 3 heterocycles. The van der Waals surface area contributed by atoms with Crippen molar-refractivity contribution in [2.24, 2.45) is 5.92 Å². The number of β-lactam (4-membered cyclic amide) rings is 1. The molecule has 0 aliphatic carbocycles. The number of fused-ring (bicyclic) bond motifs is 2. The van der Waals surface area contributed by atoms with Crippen LogP contribution in [0.5, 0.6) is 11.5 Å². The highest BCUT2D eigenvalue weighted by atomic mass is 35.7. The molecular weight excluding hydrogens is 514 g/mol. The lowest BCUT2D eigenvalue weighted by molar-refractivity contribution is -0.173. The van der Waals surface area contributed by atoms with Crippen molar-refractivity contribution in [3.8, 4) is 11.5 Å². The van der Waals surface area contributed by atoms with Crippen LogP contribution in [0.2, 0.25) is 0 Å². The van der Waals surface area contributed by atoms with Gasteiger partial charge in [0.25, 0.3) is 0 Å². The van der Waals surface area contributed by atoms with E-state index in [4.69, 9.17) is 55.0 Å². The van der Waals surface area contributed by atoms with Crippen LogP contribution in [0.15, 0.2) is 24.3 Å². The summed E-state index contributed by atoms with van der Waals surface area (Å²) in [5.41, 5.74) is 0. The second-order valence-corrected chi connectivity index (χ2v) is 11.6. The van der Waals surface area contributed by atoms with E-state index in [2.05, 4.69) is 5.32 Å². The fraction of sp³-hybridized carbons (Fsp3) is 0.500. The summed E-state index contributed by atoms with van der Waals surface area (Å²) in [7, 11) is 3.52. The Balaban J connectivity index is 0.000000401. The van der Waals surface area contributed by atoms with Crippen molar-refractivity contribution in [1.82, 2.24) is 10.2 Å². The molecule has 13 heteroatoms. The summed E-state index contributed by atoms with van der Waals surface area (Å²) >= 11 is 16.6. The molecule has 1 aromatic rings. The van der Waals surface area contributed by atoms with Crippen molar-refractivity contribution < 1.29 is 28.4 Å². The fourth-order valence-corrected chi connectivity index (χ4v) is 4.51. The molecule has 0 saturated carbocycles. The van der Waals surface area contributed by atoms with Crippen molar-refractivity contribution in [2.45, 2.75) is 42.0 Å². The van der Waals surface area contributed by atoms with Crippen LogP contribution in [0.3, 0.4) is 0 Å². The van der Waals surface area contributed by atoms with Gasteiger partial charge in [0.2, 0.25) is 15.6 Å². The number of carbonyl (C=O) groups is 3. The molecule has 1 aromatic carbocycles. The molecule has 4 rings (SSSR count). The summed E-state index contributed by atoms with van der Waals surface area (Å²) in [4.78, 5) is 35.1. The van der Waals surface area contributed by atoms with Gasteiger partial charge in [-0.1, -0.05) is 54.7 Å². The lowest BCUT2D eigenvalue weighted by Gasteiger charge is -2.51. The normalized spacial score (nSPS) is 20.9. The maximum absolute atomic E-state index is 12.4. The maximum atomic E-state index is 12.4. The summed E-state index contributed by atoms with van der Waals surface area (Å²) < 4.78 is 20.1. The number of rotatable bonds is 6. The van der Waals surface area contributed by atoms with Gasteiger partial charge in [-0.3, -0.25) is 19.8 Å². The predicted molar refractivity (Wildman–Crippen MR) is 118 cm³/mol. The molecule has 172 valence electrons.